The zero-order chi connectivity index (χ0) is 25.3. The molecule has 1 saturated carbocycles. The summed E-state index contributed by atoms with van der Waals surface area (Å²) in [7, 11) is 0. The SMILES string of the molecule is C#CCCOC(O)OC1(C(=O)CCC(C)C)C(=O)C(C(O)CC(C)C)C(=O)C1CCC(C)C. The second-order valence-corrected chi connectivity index (χ2v) is 10.3. The quantitative estimate of drug-likeness (QED) is 0.165. The Labute approximate surface area is 198 Å². The lowest BCUT2D eigenvalue weighted by atomic mass is 9.79. The van der Waals surface area contributed by atoms with E-state index in [4.69, 9.17) is 15.9 Å². The minimum absolute atomic E-state index is 0.0128. The number of rotatable bonds is 15. The molecule has 7 heteroatoms. The molecule has 0 aromatic carbocycles. The standard InChI is InChI=1S/C26H42O7/c1-8-9-14-32-25(31)33-26(21(28)13-11-17(4)5)19(12-10-16(2)3)23(29)22(24(26)30)20(27)15-18(6)7/h1,16-20,22,25,27,31H,9-15H2,2-7H3. The lowest BCUT2D eigenvalue weighted by molar-refractivity contribution is -0.299. The van der Waals surface area contributed by atoms with E-state index < -0.39 is 47.4 Å². The number of carbonyl (C=O) groups excluding carboxylic acids is 3. The summed E-state index contributed by atoms with van der Waals surface area (Å²) in [6.45, 7) is 9.68. The van der Waals surface area contributed by atoms with E-state index in [1.807, 2.05) is 41.5 Å². The molecule has 2 N–H and O–H groups in total. The summed E-state index contributed by atoms with van der Waals surface area (Å²) in [6, 6.07) is 0. The van der Waals surface area contributed by atoms with Crippen LogP contribution in [0.4, 0.5) is 0 Å². The predicted octanol–water partition coefficient (Wildman–Crippen LogP) is 3.29. The Bertz CT molecular complexity index is 706. The monoisotopic (exact) mass is 466 g/mol. The van der Waals surface area contributed by atoms with Crippen LogP contribution in [-0.4, -0.2) is 52.4 Å². The third-order valence-corrected chi connectivity index (χ3v) is 6.08. The molecule has 0 heterocycles. The highest BCUT2D eigenvalue weighted by Gasteiger charge is 2.66. The number of hydrogen-bond donors (Lipinski definition) is 2. The molecule has 0 amide bonds. The van der Waals surface area contributed by atoms with Crippen LogP contribution >= 0.6 is 0 Å². The van der Waals surface area contributed by atoms with E-state index in [1.165, 1.54) is 0 Å². The molecule has 1 rings (SSSR count). The van der Waals surface area contributed by atoms with Crippen molar-refractivity contribution in [3.63, 3.8) is 0 Å². The Balaban J connectivity index is 3.46. The van der Waals surface area contributed by atoms with Gasteiger partial charge in [0.2, 0.25) is 0 Å². The van der Waals surface area contributed by atoms with E-state index in [-0.39, 0.29) is 50.0 Å². The van der Waals surface area contributed by atoms with Crippen molar-refractivity contribution in [2.45, 2.75) is 98.2 Å². The Morgan fingerprint density at radius 1 is 1.06 bits per heavy atom. The fourth-order valence-electron chi connectivity index (χ4n) is 4.33. The number of ketones is 3. The maximum absolute atomic E-state index is 13.7. The molecular formula is C26H42O7. The summed E-state index contributed by atoms with van der Waals surface area (Å²) in [5.74, 6) is -1.48. The van der Waals surface area contributed by atoms with E-state index >= 15 is 0 Å². The van der Waals surface area contributed by atoms with E-state index in [1.54, 1.807) is 0 Å². The lowest BCUT2D eigenvalue weighted by Gasteiger charge is -2.34. The summed E-state index contributed by atoms with van der Waals surface area (Å²) >= 11 is 0. The van der Waals surface area contributed by atoms with Gasteiger partial charge in [-0.3, -0.25) is 14.4 Å². The third kappa shape index (κ3) is 7.71. The molecule has 0 spiro atoms. The predicted molar refractivity (Wildman–Crippen MR) is 125 cm³/mol. The minimum Gasteiger partial charge on any atom is -0.392 e. The number of terminal acetylenes is 1. The molecule has 0 bridgehead atoms. The summed E-state index contributed by atoms with van der Waals surface area (Å²) in [6.07, 6.45) is 5.74. The minimum atomic E-state index is -2.18. The van der Waals surface area contributed by atoms with Crippen LogP contribution in [-0.2, 0) is 23.9 Å². The van der Waals surface area contributed by atoms with Gasteiger partial charge in [0.25, 0.3) is 6.48 Å². The third-order valence-electron chi connectivity index (χ3n) is 6.08. The molecule has 0 aromatic rings. The van der Waals surface area contributed by atoms with Crippen molar-refractivity contribution in [3.05, 3.63) is 0 Å². The van der Waals surface area contributed by atoms with Crippen molar-refractivity contribution in [1.82, 2.24) is 0 Å². The zero-order valence-electron chi connectivity index (χ0n) is 21.0. The summed E-state index contributed by atoms with van der Waals surface area (Å²) in [5.41, 5.74) is -2.18. The second-order valence-electron chi connectivity index (χ2n) is 10.3. The van der Waals surface area contributed by atoms with Gasteiger partial charge in [-0.15, -0.1) is 12.3 Å². The van der Waals surface area contributed by atoms with Crippen LogP contribution < -0.4 is 0 Å². The van der Waals surface area contributed by atoms with Crippen LogP contribution in [0.3, 0.4) is 0 Å². The molecule has 0 aromatic heterocycles. The van der Waals surface area contributed by atoms with Crippen LogP contribution in [0.1, 0.15) is 80.1 Å². The molecule has 7 nitrogen and oxygen atoms in total. The van der Waals surface area contributed by atoms with Crippen molar-refractivity contribution in [2.75, 3.05) is 6.61 Å². The fraction of sp³-hybridized carbons (Fsp3) is 0.808. The number of Topliss-reactive ketones (excluding diaryl/α,β-unsaturated/α-hetero) is 3. The maximum Gasteiger partial charge on any atom is 0.270 e. The molecule has 5 unspecified atom stereocenters. The average Bonchev–Trinajstić information content (AvgIpc) is 2.91. The molecule has 1 fully saturated rings. The van der Waals surface area contributed by atoms with Crippen molar-refractivity contribution in [3.8, 4) is 12.3 Å². The highest BCUT2D eigenvalue weighted by Crippen LogP contribution is 2.44. The second kappa shape index (κ2) is 13.3. The number of aliphatic hydroxyl groups excluding tert-OH is 2. The molecule has 0 saturated heterocycles. The molecule has 5 atom stereocenters. The molecule has 1 aliphatic carbocycles. The molecule has 33 heavy (non-hydrogen) atoms. The van der Waals surface area contributed by atoms with E-state index in [9.17, 15) is 24.6 Å². The first-order chi connectivity index (χ1) is 15.4. The highest BCUT2D eigenvalue weighted by molar-refractivity contribution is 6.26. The molecule has 0 aliphatic heterocycles. The van der Waals surface area contributed by atoms with Crippen LogP contribution in [0.15, 0.2) is 0 Å². The topological polar surface area (TPSA) is 110 Å². The number of aliphatic hydroxyl groups is 2. The van der Waals surface area contributed by atoms with Gasteiger partial charge in [-0.2, -0.15) is 0 Å². The highest BCUT2D eigenvalue weighted by atomic mass is 16.8. The molecular weight excluding hydrogens is 424 g/mol. The van der Waals surface area contributed by atoms with Gasteiger partial charge in [0.15, 0.2) is 23.0 Å². The van der Waals surface area contributed by atoms with Crippen molar-refractivity contribution in [2.24, 2.45) is 29.6 Å². The van der Waals surface area contributed by atoms with Gasteiger partial charge >= 0.3 is 0 Å². The Hall–Kier alpha value is -1.59. The number of hydrogen-bond acceptors (Lipinski definition) is 7. The van der Waals surface area contributed by atoms with Gasteiger partial charge in [0, 0.05) is 12.8 Å². The maximum atomic E-state index is 13.7. The lowest BCUT2D eigenvalue weighted by Crippen LogP contribution is -2.55. The van der Waals surface area contributed by atoms with E-state index in [0.29, 0.717) is 12.8 Å². The Kier molecular flexibility index (Phi) is 11.9. The Morgan fingerprint density at radius 2 is 1.67 bits per heavy atom. The number of ether oxygens (including phenoxy) is 2. The fourth-order valence-corrected chi connectivity index (χ4v) is 4.33. The van der Waals surface area contributed by atoms with Gasteiger partial charge in [0.1, 0.15) is 5.92 Å². The molecule has 1 aliphatic rings. The smallest absolute Gasteiger partial charge is 0.270 e. The first-order valence-corrected chi connectivity index (χ1v) is 12.1. The van der Waals surface area contributed by atoms with Crippen LogP contribution in [0.25, 0.3) is 0 Å². The van der Waals surface area contributed by atoms with Crippen molar-refractivity contribution >= 4 is 17.3 Å². The first kappa shape index (κ1) is 29.4. The van der Waals surface area contributed by atoms with Crippen LogP contribution in [0.5, 0.6) is 0 Å². The normalized spacial score (nSPS) is 25.2. The van der Waals surface area contributed by atoms with Gasteiger partial charge < -0.3 is 19.7 Å². The van der Waals surface area contributed by atoms with E-state index in [2.05, 4.69) is 5.92 Å². The zero-order valence-corrected chi connectivity index (χ0v) is 21.0. The van der Waals surface area contributed by atoms with Crippen LogP contribution in [0.2, 0.25) is 0 Å². The largest absolute Gasteiger partial charge is 0.392 e. The number of carbonyl (C=O) groups is 3. The van der Waals surface area contributed by atoms with Gasteiger partial charge in [-0.25, -0.2) is 0 Å². The van der Waals surface area contributed by atoms with E-state index in [0.717, 1.165) is 0 Å². The van der Waals surface area contributed by atoms with Crippen LogP contribution in [0, 0.1) is 41.9 Å². The molecule has 188 valence electrons. The Morgan fingerprint density at radius 3 is 2.18 bits per heavy atom. The van der Waals surface area contributed by atoms with Gasteiger partial charge in [-0.05, 0) is 37.0 Å². The van der Waals surface area contributed by atoms with Gasteiger partial charge in [0.05, 0.1) is 18.6 Å². The summed E-state index contributed by atoms with van der Waals surface area (Å²) in [4.78, 5) is 40.8. The average molecular weight is 467 g/mol. The van der Waals surface area contributed by atoms with Gasteiger partial charge in [-0.1, -0.05) is 48.0 Å². The molecule has 0 radical (unpaired) electrons. The summed E-state index contributed by atoms with van der Waals surface area (Å²) in [5, 5.41) is 21.2. The first-order valence-electron chi connectivity index (χ1n) is 12.1. The van der Waals surface area contributed by atoms with Crippen molar-refractivity contribution in [1.29, 1.82) is 0 Å². The summed E-state index contributed by atoms with van der Waals surface area (Å²) < 4.78 is 10.9. The van der Waals surface area contributed by atoms with Crippen molar-refractivity contribution < 1.29 is 34.1 Å².